The maximum absolute atomic E-state index is 12.4. The number of nitriles is 1. The Kier molecular flexibility index (Phi) is 5.63. The zero-order valence-corrected chi connectivity index (χ0v) is 13.6. The number of pyridine rings is 1. The van der Waals surface area contributed by atoms with Gasteiger partial charge in [-0.1, -0.05) is 30.3 Å². The number of likely N-dealkylation sites (N-methyl/N-ethyl adjacent to an activating group) is 1. The maximum Gasteiger partial charge on any atom is 0.249 e. The number of aromatic nitrogens is 1. The molecule has 6 nitrogen and oxygen atoms in total. The normalized spacial score (nSPS) is 11.2. The minimum Gasteiger partial charge on any atom is -0.347 e. The van der Waals surface area contributed by atoms with Crippen LogP contribution in [0.4, 0.5) is 0 Å². The van der Waals surface area contributed by atoms with E-state index >= 15 is 0 Å². The van der Waals surface area contributed by atoms with Crippen LogP contribution in [0.5, 0.6) is 0 Å². The molecule has 0 spiro atoms. The van der Waals surface area contributed by atoms with Gasteiger partial charge < -0.3 is 10.2 Å². The monoisotopic (exact) mass is 322 g/mol. The molecular weight excluding hydrogens is 304 g/mol. The molecule has 0 radical (unpaired) electrons. The molecule has 0 aliphatic carbocycles. The first-order chi connectivity index (χ1) is 11.5. The van der Waals surface area contributed by atoms with Crippen molar-refractivity contribution in [3.63, 3.8) is 0 Å². The molecule has 0 saturated heterocycles. The molecule has 2 rings (SSSR count). The molecule has 2 aromatic rings. The summed E-state index contributed by atoms with van der Waals surface area (Å²) in [5.74, 6) is -0.519. The van der Waals surface area contributed by atoms with Crippen molar-refractivity contribution in [2.75, 3.05) is 14.1 Å². The highest BCUT2D eigenvalue weighted by molar-refractivity contribution is 5.89. The Balaban J connectivity index is 2.15. The van der Waals surface area contributed by atoms with E-state index in [1.807, 2.05) is 24.3 Å². The van der Waals surface area contributed by atoms with Crippen LogP contribution in [0.1, 0.15) is 22.7 Å². The number of nitrogens with one attached hydrogen (secondary N) is 1. The van der Waals surface area contributed by atoms with E-state index in [1.165, 1.54) is 17.3 Å². The van der Waals surface area contributed by atoms with Gasteiger partial charge in [0.25, 0.3) is 0 Å². The lowest BCUT2D eigenvalue weighted by atomic mass is 10.0. The molecule has 1 aromatic heterocycles. The first-order valence-electron chi connectivity index (χ1n) is 7.40. The Labute approximate surface area is 140 Å². The van der Waals surface area contributed by atoms with Crippen LogP contribution >= 0.6 is 0 Å². The van der Waals surface area contributed by atoms with Crippen molar-refractivity contribution in [3.05, 3.63) is 65.5 Å². The number of nitrogens with zero attached hydrogens (tertiary/aromatic N) is 3. The first kappa shape index (κ1) is 17.2. The van der Waals surface area contributed by atoms with Gasteiger partial charge in [-0.05, 0) is 17.2 Å². The highest BCUT2D eigenvalue weighted by Crippen LogP contribution is 2.15. The van der Waals surface area contributed by atoms with Gasteiger partial charge in [-0.2, -0.15) is 5.26 Å². The number of carbonyl (C=O) groups excluding carboxylic acids is 2. The molecule has 0 fully saturated rings. The second kappa shape index (κ2) is 7.88. The molecule has 6 heteroatoms. The Morgan fingerprint density at radius 2 is 1.96 bits per heavy atom. The molecule has 0 aliphatic rings. The van der Waals surface area contributed by atoms with E-state index in [2.05, 4.69) is 10.3 Å². The minimum absolute atomic E-state index is 0.0482. The summed E-state index contributed by atoms with van der Waals surface area (Å²) in [4.78, 5) is 30.1. The fourth-order valence-electron chi connectivity index (χ4n) is 2.23. The van der Waals surface area contributed by atoms with Crippen LogP contribution < -0.4 is 5.32 Å². The number of rotatable bonds is 5. The molecule has 24 heavy (non-hydrogen) atoms. The van der Waals surface area contributed by atoms with Gasteiger partial charge in [0.1, 0.15) is 12.1 Å². The third-order valence-electron chi connectivity index (χ3n) is 3.41. The van der Waals surface area contributed by atoms with E-state index in [0.29, 0.717) is 16.7 Å². The number of hydrogen-bond donors (Lipinski definition) is 1. The summed E-state index contributed by atoms with van der Waals surface area (Å²) in [6.45, 7) is 0. The minimum atomic E-state index is -0.749. The molecule has 0 bridgehead atoms. The van der Waals surface area contributed by atoms with Gasteiger partial charge in [-0.15, -0.1) is 0 Å². The third-order valence-corrected chi connectivity index (χ3v) is 3.41. The number of carbonyl (C=O) groups is 2. The van der Waals surface area contributed by atoms with Crippen LogP contribution in [0, 0.1) is 11.3 Å². The van der Waals surface area contributed by atoms with Gasteiger partial charge in [0.2, 0.25) is 11.8 Å². The largest absolute Gasteiger partial charge is 0.347 e. The van der Waals surface area contributed by atoms with Gasteiger partial charge >= 0.3 is 0 Å². The van der Waals surface area contributed by atoms with Gasteiger partial charge in [0.15, 0.2) is 0 Å². The first-order valence-corrected chi connectivity index (χ1v) is 7.40. The zero-order chi connectivity index (χ0) is 17.5. The highest BCUT2D eigenvalue weighted by atomic mass is 16.2. The Morgan fingerprint density at radius 3 is 2.58 bits per heavy atom. The molecule has 0 aliphatic heterocycles. The fraction of sp³-hybridized carbons (Fsp3) is 0.222. The van der Waals surface area contributed by atoms with E-state index < -0.39 is 6.04 Å². The topological polar surface area (TPSA) is 86.1 Å². The predicted molar refractivity (Wildman–Crippen MR) is 88.7 cm³/mol. The summed E-state index contributed by atoms with van der Waals surface area (Å²) in [5.41, 5.74) is 1.73. The number of benzene rings is 1. The SMILES string of the molecule is CN(C)C(=O)C(NC(=O)Cc1cncc(C#N)c1)c1ccccc1. The van der Waals surface area contributed by atoms with E-state index in [4.69, 9.17) is 5.26 Å². The Bertz CT molecular complexity index is 766. The summed E-state index contributed by atoms with van der Waals surface area (Å²) in [6, 6.07) is 11.9. The van der Waals surface area contributed by atoms with Crippen molar-refractivity contribution in [2.45, 2.75) is 12.5 Å². The molecule has 0 saturated carbocycles. The van der Waals surface area contributed by atoms with E-state index in [1.54, 1.807) is 32.3 Å². The molecule has 1 N–H and O–H groups in total. The summed E-state index contributed by atoms with van der Waals surface area (Å²) in [7, 11) is 3.29. The highest BCUT2D eigenvalue weighted by Gasteiger charge is 2.24. The van der Waals surface area contributed by atoms with Gasteiger partial charge in [-0.3, -0.25) is 14.6 Å². The number of hydrogen-bond acceptors (Lipinski definition) is 4. The van der Waals surface area contributed by atoms with Crippen molar-refractivity contribution in [2.24, 2.45) is 0 Å². The molecule has 2 amide bonds. The summed E-state index contributed by atoms with van der Waals surface area (Å²) < 4.78 is 0. The second-order valence-electron chi connectivity index (χ2n) is 5.51. The number of amides is 2. The van der Waals surface area contributed by atoms with Crippen LogP contribution in [0.3, 0.4) is 0 Å². The lowest BCUT2D eigenvalue weighted by Gasteiger charge is -2.22. The van der Waals surface area contributed by atoms with Crippen molar-refractivity contribution in [1.29, 1.82) is 5.26 Å². The Morgan fingerprint density at radius 1 is 1.25 bits per heavy atom. The van der Waals surface area contributed by atoms with Crippen molar-refractivity contribution >= 4 is 11.8 Å². The fourth-order valence-corrected chi connectivity index (χ4v) is 2.23. The van der Waals surface area contributed by atoms with E-state index in [9.17, 15) is 9.59 Å². The van der Waals surface area contributed by atoms with Crippen LogP contribution in [0.2, 0.25) is 0 Å². The summed E-state index contributed by atoms with van der Waals surface area (Å²) >= 11 is 0. The maximum atomic E-state index is 12.4. The summed E-state index contributed by atoms with van der Waals surface area (Å²) in [6.07, 6.45) is 3.02. The third kappa shape index (κ3) is 4.40. The van der Waals surface area contributed by atoms with Crippen LogP contribution in [-0.4, -0.2) is 35.8 Å². The molecule has 1 atom stereocenters. The van der Waals surface area contributed by atoms with E-state index in [0.717, 1.165) is 0 Å². The molecule has 1 heterocycles. The van der Waals surface area contributed by atoms with Crippen LogP contribution in [0.15, 0.2) is 48.8 Å². The Hall–Kier alpha value is -3.20. The standard InChI is InChI=1S/C18H18N4O2/c1-22(2)18(24)17(15-6-4-3-5-7-15)21-16(23)9-13-8-14(10-19)12-20-11-13/h3-8,11-12,17H,9H2,1-2H3,(H,21,23). The van der Waals surface area contributed by atoms with Gasteiger partial charge in [-0.25, -0.2) is 0 Å². The molecule has 1 unspecified atom stereocenters. The van der Waals surface area contributed by atoms with Crippen LogP contribution in [0.25, 0.3) is 0 Å². The van der Waals surface area contributed by atoms with E-state index in [-0.39, 0.29) is 18.2 Å². The lowest BCUT2D eigenvalue weighted by Crippen LogP contribution is -2.40. The average molecular weight is 322 g/mol. The molecule has 122 valence electrons. The van der Waals surface area contributed by atoms with Gasteiger partial charge in [0.05, 0.1) is 12.0 Å². The van der Waals surface area contributed by atoms with Gasteiger partial charge in [0, 0.05) is 26.5 Å². The second-order valence-corrected chi connectivity index (χ2v) is 5.51. The summed E-state index contributed by atoms with van der Waals surface area (Å²) in [5, 5.41) is 11.6. The van der Waals surface area contributed by atoms with Crippen molar-refractivity contribution in [1.82, 2.24) is 15.2 Å². The lowest BCUT2D eigenvalue weighted by molar-refractivity contribution is -0.134. The predicted octanol–water partition coefficient (Wildman–Crippen LogP) is 1.44. The molecule has 1 aromatic carbocycles. The van der Waals surface area contributed by atoms with Crippen molar-refractivity contribution in [3.8, 4) is 6.07 Å². The van der Waals surface area contributed by atoms with Crippen molar-refractivity contribution < 1.29 is 9.59 Å². The smallest absolute Gasteiger partial charge is 0.249 e. The molecular formula is C18H18N4O2. The quantitative estimate of drug-likeness (QED) is 0.902. The zero-order valence-electron chi connectivity index (χ0n) is 13.6. The average Bonchev–Trinajstić information content (AvgIpc) is 2.60. The van der Waals surface area contributed by atoms with Crippen LogP contribution in [-0.2, 0) is 16.0 Å².